The maximum Gasteiger partial charge on any atom is 0.222 e. The zero-order valence-corrected chi connectivity index (χ0v) is 19.8. The third kappa shape index (κ3) is 5.44. The molecule has 6 nitrogen and oxygen atoms in total. The van der Waals surface area contributed by atoms with Crippen LogP contribution >= 0.6 is 0 Å². The quantitative estimate of drug-likeness (QED) is 0.530. The molecule has 1 fully saturated rings. The lowest BCUT2D eigenvalue weighted by Gasteiger charge is -2.30. The Labute approximate surface area is 201 Å². The highest BCUT2D eigenvalue weighted by Crippen LogP contribution is 2.37. The number of carbonyl (C=O) groups is 1. The highest BCUT2D eigenvalue weighted by molar-refractivity contribution is 5.76. The van der Waals surface area contributed by atoms with Crippen molar-refractivity contribution in [1.82, 2.24) is 15.1 Å². The van der Waals surface area contributed by atoms with Gasteiger partial charge in [0.1, 0.15) is 17.6 Å². The molecule has 1 amide bonds. The van der Waals surface area contributed by atoms with E-state index in [4.69, 9.17) is 9.47 Å². The van der Waals surface area contributed by atoms with Crippen molar-refractivity contribution in [2.45, 2.75) is 76.7 Å². The van der Waals surface area contributed by atoms with Gasteiger partial charge in [-0.3, -0.25) is 9.48 Å². The molecule has 0 spiro atoms. The van der Waals surface area contributed by atoms with Crippen molar-refractivity contribution in [2.75, 3.05) is 0 Å². The summed E-state index contributed by atoms with van der Waals surface area (Å²) in [6.07, 6.45) is 8.31. The molecule has 1 aliphatic carbocycles. The molecular formula is C28H33N3O3. The number of nitrogens with one attached hydrogen (secondary N) is 1. The van der Waals surface area contributed by atoms with E-state index in [0.717, 1.165) is 55.7 Å². The van der Waals surface area contributed by atoms with Gasteiger partial charge in [-0.05, 0) is 80.8 Å². The van der Waals surface area contributed by atoms with E-state index in [1.54, 1.807) is 6.20 Å². The zero-order chi connectivity index (χ0) is 23.3. The lowest BCUT2D eigenvalue weighted by molar-refractivity contribution is -0.122. The average Bonchev–Trinajstić information content (AvgIpc) is 3.29. The Morgan fingerprint density at radius 2 is 1.91 bits per heavy atom. The topological polar surface area (TPSA) is 65.4 Å². The monoisotopic (exact) mass is 459 g/mol. The number of hydrogen-bond donors (Lipinski definition) is 1. The van der Waals surface area contributed by atoms with Crippen molar-refractivity contribution in [1.29, 1.82) is 0 Å². The summed E-state index contributed by atoms with van der Waals surface area (Å²) in [7, 11) is 0. The van der Waals surface area contributed by atoms with Gasteiger partial charge in [0.2, 0.25) is 5.91 Å². The Morgan fingerprint density at radius 1 is 1.09 bits per heavy atom. The van der Waals surface area contributed by atoms with Gasteiger partial charge in [-0.2, -0.15) is 5.10 Å². The molecule has 1 saturated carbocycles. The van der Waals surface area contributed by atoms with Crippen molar-refractivity contribution in [3.63, 3.8) is 0 Å². The summed E-state index contributed by atoms with van der Waals surface area (Å²) in [6, 6.07) is 18.8. The molecule has 1 aromatic heterocycles. The van der Waals surface area contributed by atoms with Crippen molar-refractivity contribution < 1.29 is 14.3 Å². The molecule has 2 aliphatic rings. The summed E-state index contributed by atoms with van der Waals surface area (Å²) < 4.78 is 14.4. The van der Waals surface area contributed by atoms with Gasteiger partial charge >= 0.3 is 0 Å². The van der Waals surface area contributed by atoms with E-state index in [2.05, 4.69) is 40.7 Å². The van der Waals surface area contributed by atoms with E-state index in [1.165, 1.54) is 11.1 Å². The number of amides is 1. The number of rotatable bonds is 7. The fourth-order valence-corrected chi connectivity index (χ4v) is 5.00. The molecule has 2 heterocycles. The van der Waals surface area contributed by atoms with E-state index >= 15 is 0 Å². The molecular weight excluding hydrogens is 426 g/mol. The molecule has 1 unspecified atom stereocenters. The van der Waals surface area contributed by atoms with Gasteiger partial charge in [0.05, 0.1) is 6.10 Å². The smallest absolute Gasteiger partial charge is 0.222 e. The van der Waals surface area contributed by atoms with Gasteiger partial charge in [0.25, 0.3) is 0 Å². The van der Waals surface area contributed by atoms with Crippen molar-refractivity contribution >= 4 is 5.91 Å². The molecule has 34 heavy (non-hydrogen) atoms. The average molecular weight is 460 g/mol. The summed E-state index contributed by atoms with van der Waals surface area (Å²) in [5, 5.41) is 7.43. The minimum Gasteiger partial charge on any atom is -0.490 e. The SMILES string of the molecule is Cc1ccnn1CCC(=O)NC1CCC(Oc2ccc3c(c2)CCC(c2ccccc2)O3)CC1. The van der Waals surface area contributed by atoms with Crippen LogP contribution in [0.2, 0.25) is 0 Å². The number of carbonyl (C=O) groups excluding carboxylic acids is 1. The molecule has 1 atom stereocenters. The second-order valence-electron chi connectivity index (χ2n) is 9.43. The van der Waals surface area contributed by atoms with Gasteiger partial charge in [0, 0.05) is 30.9 Å². The third-order valence-corrected chi connectivity index (χ3v) is 6.97. The van der Waals surface area contributed by atoms with Crippen molar-refractivity contribution in [3.8, 4) is 11.5 Å². The Morgan fingerprint density at radius 3 is 2.68 bits per heavy atom. The largest absolute Gasteiger partial charge is 0.490 e. The number of fused-ring (bicyclic) bond motifs is 1. The first kappa shape index (κ1) is 22.5. The van der Waals surface area contributed by atoms with Crippen LogP contribution < -0.4 is 14.8 Å². The molecule has 2 aromatic carbocycles. The van der Waals surface area contributed by atoms with Gasteiger partial charge in [0.15, 0.2) is 0 Å². The lowest BCUT2D eigenvalue weighted by atomic mass is 9.92. The molecule has 5 rings (SSSR count). The number of nitrogens with zero attached hydrogens (tertiary/aromatic N) is 2. The van der Waals surface area contributed by atoms with Crippen LogP contribution in [0.15, 0.2) is 60.8 Å². The van der Waals surface area contributed by atoms with Crippen molar-refractivity contribution in [2.24, 2.45) is 0 Å². The highest BCUT2D eigenvalue weighted by Gasteiger charge is 2.25. The molecule has 0 radical (unpaired) electrons. The van der Waals surface area contributed by atoms with E-state index in [9.17, 15) is 4.79 Å². The summed E-state index contributed by atoms with van der Waals surface area (Å²) in [4.78, 5) is 12.3. The van der Waals surface area contributed by atoms with E-state index in [0.29, 0.717) is 13.0 Å². The fourth-order valence-electron chi connectivity index (χ4n) is 5.00. The number of hydrogen-bond acceptors (Lipinski definition) is 4. The second kappa shape index (κ2) is 10.3. The van der Waals surface area contributed by atoms with Crippen LogP contribution in [0.5, 0.6) is 11.5 Å². The Bertz CT molecular complexity index is 1100. The second-order valence-corrected chi connectivity index (χ2v) is 9.43. The van der Waals surface area contributed by atoms with Gasteiger partial charge in [-0.1, -0.05) is 30.3 Å². The zero-order valence-electron chi connectivity index (χ0n) is 19.8. The maximum absolute atomic E-state index is 12.3. The van der Waals surface area contributed by atoms with Gasteiger partial charge in [-0.25, -0.2) is 0 Å². The van der Waals surface area contributed by atoms with E-state index in [-0.39, 0.29) is 24.2 Å². The minimum absolute atomic E-state index is 0.0998. The maximum atomic E-state index is 12.3. The van der Waals surface area contributed by atoms with Crippen LogP contribution in [0.3, 0.4) is 0 Å². The number of ether oxygens (including phenoxy) is 2. The fraction of sp³-hybridized carbons (Fsp3) is 0.429. The molecule has 1 aliphatic heterocycles. The Hall–Kier alpha value is -3.28. The summed E-state index contributed by atoms with van der Waals surface area (Å²) in [6.45, 7) is 2.63. The summed E-state index contributed by atoms with van der Waals surface area (Å²) >= 11 is 0. The number of benzene rings is 2. The summed E-state index contributed by atoms with van der Waals surface area (Å²) in [5.74, 6) is 1.98. The third-order valence-electron chi connectivity index (χ3n) is 6.97. The van der Waals surface area contributed by atoms with Crippen molar-refractivity contribution in [3.05, 3.63) is 77.6 Å². The van der Waals surface area contributed by atoms with Crippen LogP contribution in [0.1, 0.15) is 61.4 Å². The van der Waals surface area contributed by atoms with Crippen LogP contribution in [-0.2, 0) is 17.8 Å². The number of aromatic nitrogens is 2. The standard InChI is InChI=1S/C28H33N3O3/c1-20-15-17-29-31(20)18-16-28(32)30-23-8-10-24(11-9-23)33-25-12-14-27-22(19-25)7-13-26(34-27)21-5-3-2-4-6-21/h2-6,12,14-15,17,19,23-24,26H,7-11,13,16,18H2,1H3,(H,30,32). The Balaban J connectivity index is 1.07. The molecule has 6 heteroatoms. The van der Waals surface area contributed by atoms with Gasteiger partial charge in [-0.15, -0.1) is 0 Å². The normalized spacial score (nSPS) is 21.9. The molecule has 0 saturated heterocycles. The predicted octanol–water partition coefficient (Wildman–Crippen LogP) is 5.15. The number of aryl methyl sites for hydroxylation is 3. The molecule has 3 aromatic rings. The van der Waals surface area contributed by atoms with Crippen LogP contribution in [0, 0.1) is 6.92 Å². The van der Waals surface area contributed by atoms with Crippen LogP contribution in [-0.4, -0.2) is 27.8 Å². The van der Waals surface area contributed by atoms with Gasteiger partial charge < -0.3 is 14.8 Å². The molecule has 178 valence electrons. The van der Waals surface area contributed by atoms with Crippen LogP contribution in [0.4, 0.5) is 0 Å². The van der Waals surface area contributed by atoms with Crippen LogP contribution in [0.25, 0.3) is 0 Å². The predicted molar refractivity (Wildman–Crippen MR) is 131 cm³/mol. The first-order chi connectivity index (χ1) is 16.6. The molecule has 1 N–H and O–H groups in total. The first-order valence-corrected chi connectivity index (χ1v) is 12.4. The first-order valence-electron chi connectivity index (χ1n) is 12.4. The Kier molecular flexibility index (Phi) is 6.84. The summed E-state index contributed by atoms with van der Waals surface area (Å²) in [5.41, 5.74) is 3.53. The van der Waals surface area contributed by atoms with E-state index in [1.807, 2.05) is 35.9 Å². The van der Waals surface area contributed by atoms with E-state index < -0.39 is 0 Å². The molecule has 0 bridgehead atoms. The minimum atomic E-state index is 0.0998. The highest BCUT2D eigenvalue weighted by atomic mass is 16.5. The lowest BCUT2D eigenvalue weighted by Crippen LogP contribution is -2.40.